The van der Waals surface area contributed by atoms with E-state index < -0.39 is 5.54 Å². The largest absolute Gasteiger partial charge is 0.368 e. The molecule has 0 radical (unpaired) electrons. The molecule has 1 aromatic heterocycles. The predicted octanol–water partition coefficient (Wildman–Crippen LogP) is 2.07. The Labute approximate surface area is 121 Å². The molecule has 1 amide bonds. The van der Waals surface area contributed by atoms with Crippen molar-refractivity contribution in [2.75, 3.05) is 0 Å². The maximum atomic E-state index is 11.8. The van der Waals surface area contributed by atoms with E-state index in [9.17, 15) is 4.79 Å². The highest BCUT2D eigenvalue weighted by atomic mass is 32.2. The van der Waals surface area contributed by atoms with Crippen LogP contribution in [0.15, 0.2) is 9.72 Å². The summed E-state index contributed by atoms with van der Waals surface area (Å²) in [4.78, 5) is 16.3. The van der Waals surface area contributed by atoms with E-state index in [1.807, 2.05) is 6.92 Å². The number of nitrogens with one attached hydrogen (secondary N) is 1. The molecule has 1 aromatic rings. The van der Waals surface area contributed by atoms with Crippen molar-refractivity contribution < 1.29 is 4.79 Å². The molecule has 2 saturated carbocycles. The summed E-state index contributed by atoms with van der Waals surface area (Å²) in [5.41, 5.74) is 6.25. The van der Waals surface area contributed by atoms with Crippen molar-refractivity contribution in [3.63, 3.8) is 0 Å². The lowest BCUT2D eigenvalue weighted by molar-refractivity contribution is -0.124. The van der Waals surface area contributed by atoms with E-state index in [1.165, 1.54) is 12.8 Å². The maximum Gasteiger partial charge on any atom is 0.237 e. The summed E-state index contributed by atoms with van der Waals surface area (Å²) in [6.45, 7) is 2.01. The van der Waals surface area contributed by atoms with Gasteiger partial charge >= 0.3 is 0 Å². The van der Waals surface area contributed by atoms with Crippen LogP contribution in [0.5, 0.6) is 0 Å². The van der Waals surface area contributed by atoms with Crippen molar-refractivity contribution >= 4 is 29.0 Å². The lowest BCUT2D eigenvalue weighted by atomic mass is 9.96. The zero-order chi connectivity index (χ0) is 13.5. The number of aryl methyl sites for hydroxylation is 1. The number of thioether (sulfide) groups is 1. The summed E-state index contributed by atoms with van der Waals surface area (Å²) in [5.74, 6) is -0.183. The monoisotopic (exact) mass is 297 g/mol. The Kier molecular flexibility index (Phi) is 3.57. The topological polar surface area (TPSA) is 68.0 Å². The van der Waals surface area contributed by atoms with Crippen molar-refractivity contribution in [1.82, 2.24) is 10.3 Å². The van der Waals surface area contributed by atoms with E-state index >= 15 is 0 Å². The molecule has 0 saturated heterocycles. The molecule has 2 unspecified atom stereocenters. The molecule has 3 N–H and O–H groups in total. The van der Waals surface area contributed by atoms with E-state index in [-0.39, 0.29) is 5.91 Å². The third kappa shape index (κ3) is 2.95. The van der Waals surface area contributed by atoms with Gasteiger partial charge in [-0.25, -0.2) is 4.98 Å². The Bertz CT molecular complexity index is 486. The van der Waals surface area contributed by atoms with Crippen molar-refractivity contribution in [2.24, 2.45) is 5.73 Å². The molecule has 6 heteroatoms. The summed E-state index contributed by atoms with van der Waals surface area (Å²) in [7, 11) is 0. The van der Waals surface area contributed by atoms with E-state index in [0.29, 0.717) is 11.3 Å². The third-order valence-electron chi connectivity index (χ3n) is 3.86. The molecule has 2 fully saturated rings. The first-order chi connectivity index (χ1) is 9.07. The lowest BCUT2D eigenvalue weighted by Gasteiger charge is -2.27. The quantitative estimate of drug-likeness (QED) is 0.873. The Morgan fingerprint density at radius 3 is 2.95 bits per heavy atom. The fourth-order valence-electron chi connectivity index (χ4n) is 2.67. The van der Waals surface area contributed by atoms with Gasteiger partial charge in [0.1, 0.15) is 4.34 Å². The number of carbonyl (C=O) groups excluding carboxylic acids is 1. The molecule has 4 nitrogen and oxygen atoms in total. The number of nitrogens with zero attached hydrogens (tertiary/aromatic N) is 1. The highest BCUT2D eigenvalue weighted by Gasteiger charge is 2.47. The normalized spacial score (nSPS) is 30.7. The molecule has 0 aromatic carbocycles. The molecule has 2 aliphatic rings. The van der Waals surface area contributed by atoms with Crippen LogP contribution in [0.25, 0.3) is 0 Å². The first kappa shape index (κ1) is 13.4. The van der Waals surface area contributed by atoms with E-state index in [1.54, 1.807) is 23.1 Å². The molecule has 3 rings (SSSR count). The summed E-state index contributed by atoms with van der Waals surface area (Å²) in [6, 6.07) is 0.512. The minimum atomic E-state index is -0.467. The van der Waals surface area contributed by atoms with Gasteiger partial charge < -0.3 is 11.1 Å². The zero-order valence-electron chi connectivity index (χ0n) is 11.0. The lowest BCUT2D eigenvalue weighted by Crippen LogP contribution is -2.54. The Balaban J connectivity index is 1.65. The molecule has 104 valence electrons. The molecule has 0 spiro atoms. The number of amides is 1. The molecule has 1 heterocycles. The van der Waals surface area contributed by atoms with Crippen LogP contribution in [0.1, 0.15) is 37.8 Å². The van der Waals surface area contributed by atoms with Crippen LogP contribution in [-0.4, -0.2) is 27.7 Å². The minimum absolute atomic E-state index is 0.183. The van der Waals surface area contributed by atoms with Crippen LogP contribution in [0.3, 0.4) is 0 Å². The van der Waals surface area contributed by atoms with Gasteiger partial charge in [0.25, 0.3) is 0 Å². The first-order valence-electron chi connectivity index (χ1n) is 6.74. The Morgan fingerprint density at radius 2 is 2.37 bits per heavy atom. The smallest absolute Gasteiger partial charge is 0.237 e. The highest BCUT2D eigenvalue weighted by Crippen LogP contribution is 2.42. The third-order valence-corrected chi connectivity index (χ3v) is 6.22. The summed E-state index contributed by atoms with van der Waals surface area (Å²) >= 11 is 3.49. The van der Waals surface area contributed by atoms with Gasteiger partial charge in [0, 0.05) is 22.4 Å². The van der Waals surface area contributed by atoms with Crippen LogP contribution < -0.4 is 11.1 Å². The maximum absolute atomic E-state index is 11.8. The van der Waals surface area contributed by atoms with Crippen LogP contribution in [0, 0.1) is 6.92 Å². The van der Waals surface area contributed by atoms with Crippen molar-refractivity contribution in [3.8, 4) is 0 Å². The van der Waals surface area contributed by atoms with Gasteiger partial charge in [0.2, 0.25) is 5.91 Å². The van der Waals surface area contributed by atoms with Crippen molar-refractivity contribution in [1.29, 1.82) is 0 Å². The molecule has 2 aliphatic carbocycles. The number of aromatic nitrogens is 1. The van der Waals surface area contributed by atoms with Crippen LogP contribution in [0.2, 0.25) is 0 Å². The van der Waals surface area contributed by atoms with Gasteiger partial charge in [-0.3, -0.25) is 4.79 Å². The van der Waals surface area contributed by atoms with Crippen LogP contribution in [-0.2, 0) is 4.79 Å². The second-order valence-corrected chi connectivity index (χ2v) is 8.01. The van der Waals surface area contributed by atoms with Crippen molar-refractivity contribution in [2.45, 2.75) is 60.2 Å². The SMILES string of the molecule is Cc1csc(SC2CCC(NC3CC3)(C(N)=O)C2)n1. The fourth-order valence-corrected chi connectivity index (χ4v) is 5.06. The minimum Gasteiger partial charge on any atom is -0.368 e. The second-order valence-electron chi connectivity index (χ2n) is 5.60. The number of carbonyl (C=O) groups is 1. The van der Waals surface area contributed by atoms with Gasteiger partial charge in [0.15, 0.2) is 0 Å². The number of nitrogens with two attached hydrogens (primary N) is 1. The van der Waals surface area contributed by atoms with E-state index in [2.05, 4.69) is 15.7 Å². The molecule has 0 bridgehead atoms. The molecular weight excluding hydrogens is 278 g/mol. The number of primary amides is 1. The molecule has 19 heavy (non-hydrogen) atoms. The van der Waals surface area contributed by atoms with E-state index in [0.717, 1.165) is 29.3 Å². The standard InChI is InChI=1S/C13H19N3OS2/c1-8-7-18-12(15-8)19-10-4-5-13(6-10,11(14)17)16-9-2-3-9/h7,9-10,16H,2-6H2,1H3,(H2,14,17). The average Bonchev–Trinajstić information content (AvgIpc) is 2.92. The molecular formula is C13H19N3OS2. The molecule has 2 atom stereocenters. The van der Waals surface area contributed by atoms with Gasteiger partial charge in [-0.1, -0.05) is 11.8 Å². The number of hydrogen-bond acceptors (Lipinski definition) is 5. The summed E-state index contributed by atoms with van der Waals surface area (Å²) in [5, 5.41) is 6.00. The van der Waals surface area contributed by atoms with Crippen LogP contribution >= 0.6 is 23.1 Å². The summed E-state index contributed by atoms with van der Waals surface area (Å²) < 4.78 is 1.11. The second kappa shape index (κ2) is 5.07. The van der Waals surface area contributed by atoms with Crippen molar-refractivity contribution in [3.05, 3.63) is 11.1 Å². The van der Waals surface area contributed by atoms with E-state index in [4.69, 9.17) is 5.73 Å². The number of thiazole rings is 1. The van der Waals surface area contributed by atoms with Gasteiger partial charge in [-0.2, -0.15) is 0 Å². The number of rotatable bonds is 5. The average molecular weight is 297 g/mol. The Morgan fingerprint density at radius 1 is 1.58 bits per heavy atom. The van der Waals surface area contributed by atoms with Gasteiger partial charge in [-0.05, 0) is 39.0 Å². The predicted molar refractivity (Wildman–Crippen MR) is 78.4 cm³/mol. The Hall–Kier alpha value is -0.590. The highest BCUT2D eigenvalue weighted by molar-refractivity contribution is 8.01. The zero-order valence-corrected chi connectivity index (χ0v) is 12.6. The summed E-state index contributed by atoms with van der Waals surface area (Å²) in [6.07, 6.45) is 5.09. The van der Waals surface area contributed by atoms with Crippen LogP contribution in [0.4, 0.5) is 0 Å². The first-order valence-corrected chi connectivity index (χ1v) is 8.50. The molecule has 0 aliphatic heterocycles. The van der Waals surface area contributed by atoms with Gasteiger partial charge in [0.05, 0.1) is 5.54 Å². The van der Waals surface area contributed by atoms with Gasteiger partial charge in [-0.15, -0.1) is 11.3 Å². The fraction of sp³-hybridized carbons (Fsp3) is 0.692. The number of hydrogen-bond donors (Lipinski definition) is 2.